The summed E-state index contributed by atoms with van der Waals surface area (Å²) in [5, 5.41) is 14.6. The smallest absolute Gasteiger partial charge is 0.347 e. The molecule has 0 radical (unpaired) electrons. The van der Waals surface area contributed by atoms with E-state index in [0.29, 0.717) is 23.7 Å². The molecule has 196 valence electrons. The zero-order chi connectivity index (χ0) is 26.5. The molecule has 3 N–H and O–H groups in total. The highest BCUT2D eigenvalue weighted by atomic mass is 19.1. The Labute approximate surface area is 210 Å². The number of carboxylic acids is 1. The molecule has 0 saturated heterocycles. The normalized spacial score (nSPS) is 14.4. The van der Waals surface area contributed by atoms with Crippen molar-refractivity contribution in [1.29, 1.82) is 0 Å². The zero-order valence-corrected chi connectivity index (χ0v) is 21.2. The highest BCUT2D eigenvalue weighted by Crippen LogP contribution is 2.36. The van der Waals surface area contributed by atoms with E-state index in [1.54, 1.807) is 12.1 Å². The van der Waals surface area contributed by atoms with Gasteiger partial charge < -0.3 is 25.4 Å². The van der Waals surface area contributed by atoms with Gasteiger partial charge in [0.05, 0.1) is 17.1 Å². The number of nitrogens with one attached hydrogen (secondary N) is 2. The number of anilines is 3. The first-order valence-electron chi connectivity index (χ1n) is 12.3. The number of halogens is 2. The van der Waals surface area contributed by atoms with Crippen molar-refractivity contribution in [2.45, 2.75) is 71.4 Å². The van der Waals surface area contributed by atoms with Gasteiger partial charge >= 0.3 is 12.0 Å². The summed E-state index contributed by atoms with van der Waals surface area (Å²) in [4.78, 5) is 26.7. The van der Waals surface area contributed by atoms with Crippen LogP contribution in [0.4, 0.5) is 30.6 Å². The molecule has 1 aliphatic carbocycles. The molecular formula is C27H35F2N3O4. The molecule has 0 heterocycles. The van der Waals surface area contributed by atoms with Crippen molar-refractivity contribution in [1.82, 2.24) is 0 Å². The van der Waals surface area contributed by atoms with Gasteiger partial charge in [0.15, 0.2) is 5.60 Å². The number of hydrogen-bond donors (Lipinski definition) is 3. The number of carbonyl (C=O) groups excluding carboxylic acids is 1. The maximum atomic E-state index is 14.1. The van der Waals surface area contributed by atoms with Gasteiger partial charge in [0.1, 0.15) is 17.4 Å². The fourth-order valence-corrected chi connectivity index (χ4v) is 4.36. The van der Waals surface area contributed by atoms with Gasteiger partial charge in [-0.05, 0) is 56.9 Å². The fraction of sp³-hybridized carbons (Fsp3) is 0.481. The van der Waals surface area contributed by atoms with E-state index in [-0.39, 0.29) is 11.4 Å². The molecule has 9 heteroatoms. The minimum Gasteiger partial charge on any atom is -0.478 e. The summed E-state index contributed by atoms with van der Waals surface area (Å²) >= 11 is 0. The molecule has 0 aliphatic heterocycles. The Kier molecular flexibility index (Phi) is 8.76. The summed E-state index contributed by atoms with van der Waals surface area (Å²) in [6.45, 7) is 7.88. The Morgan fingerprint density at radius 1 is 1.06 bits per heavy atom. The number of urea groups is 1. The van der Waals surface area contributed by atoms with Crippen LogP contribution in [0.3, 0.4) is 0 Å². The van der Waals surface area contributed by atoms with Crippen LogP contribution in [-0.2, 0) is 4.79 Å². The van der Waals surface area contributed by atoms with Crippen molar-refractivity contribution < 1.29 is 28.2 Å². The second kappa shape index (κ2) is 11.6. The summed E-state index contributed by atoms with van der Waals surface area (Å²) in [6, 6.07) is 7.56. The Morgan fingerprint density at radius 2 is 1.72 bits per heavy atom. The first kappa shape index (κ1) is 27.2. The van der Waals surface area contributed by atoms with Crippen LogP contribution in [0.25, 0.3) is 0 Å². The summed E-state index contributed by atoms with van der Waals surface area (Å²) in [5.41, 5.74) is -0.480. The topological polar surface area (TPSA) is 90.9 Å². The van der Waals surface area contributed by atoms with Crippen molar-refractivity contribution in [3.63, 3.8) is 0 Å². The van der Waals surface area contributed by atoms with Crippen LogP contribution in [0.1, 0.15) is 59.8 Å². The highest BCUT2D eigenvalue weighted by Gasteiger charge is 2.30. The molecule has 0 unspecified atom stereocenters. The third-order valence-electron chi connectivity index (χ3n) is 6.17. The van der Waals surface area contributed by atoms with Crippen LogP contribution in [0, 0.1) is 17.6 Å². The summed E-state index contributed by atoms with van der Waals surface area (Å²) in [5.74, 6) is -2.15. The van der Waals surface area contributed by atoms with Gasteiger partial charge in [0.25, 0.3) is 0 Å². The third-order valence-corrected chi connectivity index (χ3v) is 6.17. The molecule has 0 bridgehead atoms. The van der Waals surface area contributed by atoms with Gasteiger partial charge in [-0.1, -0.05) is 33.1 Å². The number of amides is 2. The summed E-state index contributed by atoms with van der Waals surface area (Å²) < 4.78 is 33.1. The zero-order valence-electron chi connectivity index (χ0n) is 21.2. The van der Waals surface area contributed by atoms with Gasteiger partial charge in [-0.3, -0.25) is 0 Å². The summed E-state index contributed by atoms with van der Waals surface area (Å²) in [7, 11) is 0. The Balaban J connectivity index is 1.96. The van der Waals surface area contributed by atoms with Crippen LogP contribution < -0.4 is 20.3 Å². The van der Waals surface area contributed by atoms with Crippen LogP contribution in [0.2, 0.25) is 0 Å². The molecule has 2 aromatic carbocycles. The van der Waals surface area contributed by atoms with E-state index < -0.39 is 29.2 Å². The quantitative estimate of drug-likeness (QED) is 0.357. The molecular weight excluding hydrogens is 468 g/mol. The van der Waals surface area contributed by atoms with E-state index in [0.717, 1.165) is 50.0 Å². The molecule has 0 aromatic heterocycles. The summed E-state index contributed by atoms with van der Waals surface area (Å²) in [6.07, 6.45) is 5.51. The molecule has 2 amide bonds. The van der Waals surface area contributed by atoms with Crippen molar-refractivity contribution in [2.24, 2.45) is 5.92 Å². The second-order valence-electron chi connectivity index (χ2n) is 10.1. The standard InChI is InChI=1S/C27H35F2N3O4/c1-17(2)16-32(19-8-6-5-7-9-19)24-13-11-20(36-27(3,4)25(33)34)15-23(24)31-26(35)30-22-12-10-18(28)14-21(22)29/h10-15,17,19H,5-9,16H2,1-4H3,(H,33,34)(H2,30,31,35). The molecule has 2 aromatic rings. The van der Waals surface area contributed by atoms with Crippen molar-refractivity contribution >= 4 is 29.1 Å². The van der Waals surface area contributed by atoms with E-state index in [2.05, 4.69) is 29.4 Å². The number of rotatable bonds is 9. The van der Waals surface area contributed by atoms with Gasteiger partial charge in [-0.25, -0.2) is 18.4 Å². The average Bonchev–Trinajstić information content (AvgIpc) is 2.80. The van der Waals surface area contributed by atoms with E-state index in [1.807, 2.05) is 6.07 Å². The first-order chi connectivity index (χ1) is 17.0. The number of carboxylic acid groups (broad SMARTS) is 1. The first-order valence-corrected chi connectivity index (χ1v) is 12.3. The minimum absolute atomic E-state index is 0.166. The predicted molar refractivity (Wildman–Crippen MR) is 137 cm³/mol. The van der Waals surface area contributed by atoms with Crippen LogP contribution in [0.5, 0.6) is 5.75 Å². The van der Waals surface area contributed by atoms with Crippen LogP contribution in [0.15, 0.2) is 36.4 Å². The molecule has 0 spiro atoms. The molecule has 1 fully saturated rings. The van der Waals surface area contributed by atoms with Gasteiger partial charge in [0.2, 0.25) is 0 Å². The Bertz CT molecular complexity index is 1080. The number of benzene rings is 2. The number of aliphatic carboxylic acids is 1. The van der Waals surface area contributed by atoms with E-state index in [4.69, 9.17) is 4.74 Å². The monoisotopic (exact) mass is 503 g/mol. The molecule has 7 nitrogen and oxygen atoms in total. The number of nitrogens with zero attached hydrogens (tertiary/aromatic N) is 1. The lowest BCUT2D eigenvalue weighted by Gasteiger charge is -2.38. The largest absolute Gasteiger partial charge is 0.478 e. The number of carbonyl (C=O) groups is 2. The molecule has 36 heavy (non-hydrogen) atoms. The van der Waals surface area contributed by atoms with Gasteiger partial charge in [-0.15, -0.1) is 0 Å². The second-order valence-corrected chi connectivity index (χ2v) is 10.1. The van der Waals surface area contributed by atoms with Crippen molar-refractivity contribution in [3.05, 3.63) is 48.0 Å². The molecule has 1 saturated carbocycles. The van der Waals surface area contributed by atoms with Crippen molar-refractivity contribution in [2.75, 3.05) is 22.1 Å². The van der Waals surface area contributed by atoms with Crippen LogP contribution >= 0.6 is 0 Å². The SMILES string of the molecule is CC(C)CN(c1ccc(OC(C)(C)C(=O)O)cc1NC(=O)Nc1ccc(F)cc1F)C1CCCCC1. The molecule has 0 atom stereocenters. The van der Waals surface area contributed by atoms with E-state index in [9.17, 15) is 23.5 Å². The Hall–Kier alpha value is -3.36. The number of ether oxygens (including phenoxy) is 1. The minimum atomic E-state index is -1.49. The van der Waals surface area contributed by atoms with Gasteiger partial charge in [0, 0.05) is 24.7 Å². The lowest BCUT2D eigenvalue weighted by atomic mass is 9.93. The van der Waals surface area contributed by atoms with Gasteiger partial charge in [-0.2, -0.15) is 0 Å². The lowest BCUT2D eigenvalue weighted by Crippen LogP contribution is -2.40. The molecule has 3 rings (SSSR count). The maximum absolute atomic E-state index is 14.1. The fourth-order valence-electron chi connectivity index (χ4n) is 4.36. The van der Waals surface area contributed by atoms with E-state index in [1.165, 1.54) is 20.3 Å². The molecule has 1 aliphatic rings. The lowest BCUT2D eigenvalue weighted by molar-refractivity contribution is -0.152. The maximum Gasteiger partial charge on any atom is 0.347 e. The van der Waals surface area contributed by atoms with Crippen LogP contribution in [-0.4, -0.2) is 35.3 Å². The van der Waals surface area contributed by atoms with E-state index >= 15 is 0 Å². The average molecular weight is 504 g/mol. The highest BCUT2D eigenvalue weighted by molar-refractivity contribution is 6.02. The third kappa shape index (κ3) is 7.08. The van der Waals surface area contributed by atoms with Crippen molar-refractivity contribution in [3.8, 4) is 5.75 Å². The predicted octanol–water partition coefficient (Wildman–Crippen LogP) is 6.65. The number of hydrogen-bond acceptors (Lipinski definition) is 4. The Morgan fingerprint density at radius 3 is 2.33 bits per heavy atom.